The number of imidazole rings is 1. The van der Waals surface area contributed by atoms with Crippen LogP contribution >= 0.6 is 34.2 Å². The number of nitrogens with zero attached hydrogens (tertiary/aromatic N) is 2. The highest BCUT2D eigenvalue weighted by Gasteiger charge is 2.38. The van der Waals surface area contributed by atoms with Gasteiger partial charge in [-0.2, -0.15) is 0 Å². The van der Waals surface area contributed by atoms with Gasteiger partial charge in [0.15, 0.2) is 0 Å². The minimum atomic E-state index is -0.0588. The van der Waals surface area contributed by atoms with E-state index in [4.69, 9.17) is 16.6 Å². The van der Waals surface area contributed by atoms with E-state index in [1.54, 1.807) is 0 Å². The SMILES string of the molecule is CC(Cl)c1nc2cc(I)ccc2n1C1CCCC1(C)C. The quantitative estimate of drug-likeness (QED) is 0.466. The first-order valence-electron chi connectivity index (χ1n) is 7.21. The highest BCUT2D eigenvalue weighted by Crippen LogP contribution is 2.48. The van der Waals surface area contributed by atoms with E-state index in [-0.39, 0.29) is 5.38 Å². The largest absolute Gasteiger partial charge is 0.323 e. The summed E-state index contributed by atoms with van der Waals surface area (Å²) in [7, 11) is 0. The van der Waals surface area contributed by atoms with Crippen LogP contribution in [0.5, 0.6) is 0 Å². The summed E-state index contributed by atoms with van der Waals surface area (Å²) in [6.45, 7) is 6.75. The summed E-state index contributed by atoms with van der Waals surface area (Å²) in [6.07, 6.45) is 3.79. The number of alkyl halides is 1. The Morgan fingerprint density at radius 2 is 2.20 bits per heavy atom. The molecule has 1 aliphatic rings. The smallest absolute Gasteiger partial charge is 0.127 e. The summed E-state index contributed by atoms with van der Waals surface area (Å²) in [5, 5.41) is -0.0588. The van der Waals surface area contributed by atoms with Gasteiger partial charge in [-0.3, -0.25) is 0 Å². The zero-order chi connectivity index (χ0) is 14.5. The summed E-state index contributed by atoms with van der Waals surface area (Å²) >= 11 is 8.75. The molecule has 1 heterocycles. The molecule has 4 heteroatoms. The van der Waals surface area contributed by atoms with Crippen molar-refractivity contribution in [3.05, 3.63) is 27.6 Å². The van der Waals surface area contributed by atoms with Crippen LogP contribution in [0.15, 0.2) is 18.2 Å². The van der Waals surface area contributed by atoms with Crippen molar-refractivity contribution in [2.45, 2.75) is 51.5 Å². The highest BCUT2D eigenvalue weighted by molar-refractivity contribution is 14.1. The Bertz CT molecular complexity index is 645. The maximum absolute atomic E-state index is 6.41. The van der Waals surface area contributed by atoms with Gasteiger partial charge in [0.1, 0.15) is 5.82 Å². The second-order valence-electron chi connectivity index (χ2n) is 6.49. The van der Waals surface area contributed by atoms with E-state index in [0.717, 1.165) is 11.3 Å². The molecular weight excluding hydrogens is 383 g/mol. The summed E-state index contributed by atoms with van der Waals surface area (Å²) in [5.41, 5.74) is 2.62. The lowest BCUT2D eigenvalue weighted by atomic mass is 9.87. The predicted molar refractivity (Wildman–Crippen MR) is 93.4 cm³/mol. The Kier molecular flexibility index (Phi) is 3.78. The molecule has 0 saturated heterocycles. The van der Waals surface area contributed by atoms with Gasteiger partial charge in [0.25, 0.3) is 0 Å². The van der Waals surface area contributed by atoms with Gasteiger partial charge in [-0.1, -0.05) is 20.3 Å². The zero-order valence-electron chi connectivity index (χ0n) is 12.2. The molecule has 1 fully saturated rings. The molecule has 2 nitrogen and oxygen atoms in total. The molecule has 1 aliphatic carbocycles. The van der Waals surface area contributed by atoms with E-state index in [1.807, 2.05) is 6.92 Å². The third-order valence-electron chi connectivity index (χ3n) is 4.55. The summed E-state index contributed by atoms with van der Waals surface area (Å²) in [4.78, 5) is 4.81. The minimum absolute atomic E-state index is 0.0588. The molecule has 2 aromatic rings. The molecule has 1 aromatic carbocycles. The van der Waals surface area contributed by atoms with Crippen molar-refractivity contribution in [3.8, 4) is 0 Å². The number of hydrogen-bond acceptors (Lipinski definition) is 1. The maximum atomic E-state index is 6.41. The van der Waals surface area contributed by atoms with Gasteiger partial charge in [0.2, 0.25) is 0 Å². The molecule has 0 amide bonds. The second kappa shape index (κ2) is 5.16. The summed E-state index contributed by atoms with van der Waals surface area (Å²) in [6, 6.07) is 7.01. The molecule has 0 spiro atoms. The fourth-order valence-electron chi connectivity index (χ4n) is 3.49. The molecule has 3 rings (SSSR count). The molecule has 2 unspecified atom stereocenters. The van der Waals surface area contributed by atoms with Crippen LogP contribution in [0.25, 0.3) is 11.0 Å². The van der Waals surface area contributed by atoms with E-state index in [2.05, 4.69) is 59.2 Å². The van der Waals surface area contributed by atoms with E-state index < -0.39 is 0 Å². The molecule has 2 atom stereocenters. The Morgan fingerprint density at radius 3 is 2.80 bits per heavy atom. The van der Waals surface area contributed by atoms with E-state index >= 15 is 0 Å². The average molecular weight is 403 g/mol. The van der Waals surface area contributed by atoms with Crippen LogP contribution in [0, 0.1) is 8.99 Å². The van der Waals surface area contributed by atoms with E-state index in [1.165, 1.54) is 28.3 Å². The van der Waals surface area contributed by atoms with Crippen LogP contribution in [0.3, 0.4) is 0 Å². The predicted octanol–water partition coefficient (Wildman–Crippen LogP) is 5.69. The van der Waals surface area contributed by atoms with E-state index in [9.17, 15) is 0 Å². The highest BCUT2D eigenvalue weighted by atomic mass is 127. The Hall–Kier alpha value is -0.290. The molecule has 108 valence electrons. The van der Waals surface area contributed by atoms with Crippen molar-refractivity contribution in [3.63, 3.8) is 0 Å². The molecule has 0 bridgehead atoms. The number of halogens is 2. The fraction of sp³-hybridized carbons (Fsp3) is 0.562. The molecule has 1 saturated carbocycles. The number of fused-ring (bicyclic) bond motifs is 1. The molecular formula is C16H20ClIN2. The molecule has 0 radical (unpaired) electrons. The standard InChI is InChI=1S/C16H20ClIN2/c1-10(17)15-19-12-9-11(18)6-7-13(12)20(15)14-5-4-8-16(14,2)3/h6-7,9-10,14H,4-5,8H2,1-3H3. The van der Waals surface area contributed by atoms with Crippen LogP contribution in [0.4, 0.5) is 0 Å². The van der Waals surface area contributed by atoms with Crippen LogP contribution in [-0.2, 0) is 0 Å². The first-order chi connectivity index (χ1) is 9.40. The third-order valence-corrected chi connectivity index (χ3v) is 5.41. The summed E-state index contributed by atoms with van der Waals surface area (Å²) in [5.74, 6) is 1.02. The number of hydrogen-bond donors (Lipinski definition) is 0. The van der Waals surface area contributed by atoms with Crippen LogP contribution in [0.1, 0.15) is 57.3 Å². The van der Waals surface area contributed by atoms with Crippen LogP contribution in [0.2, 0.25) is 0 Å². The topological polar surface area (TPSA) is 17.8 Å². The van der Waals surface area contributed by atoms with Gasteiger partial charge in [0, 0.05) is 9.61 Å². The third kappa shape index (κ3) is 2.37. The molecule has 1 aromatic heterocycles. The van der Waals surface area contributed by atoms with Crippen molar-refractivity contribution in [1.29, 1.82) is 0 Å². The maximum Gasteiger partial charge on any atom is 0.127 e. The second-order valence-corrected chi connectivity index (χ2v) is 8.39. The van der Waals surface area contributed by atoms with Gasteiger partial charge in [0.05, 0.1) is 16.4 Å². The van der Waals surface area contributed by atoms with Gasteiger partial charge in [-0.25, -0.2) is 4.98 Å². The number of benzene rings is 1. The van der Waals surface area contributed by atoms with Crippen molar-refractivity contribution in [2.75, 3.05) is 0 Å². The van der Waals surface area contributed by atoms with Crippen molar-refractivity contribution < 1.29 is 0 Å². The fourth-order valence-corrected chi connectivity index (χ4v) is 4.11. The normalized spacial score (nSPS) is 23.4. The van der Waals surface area contributed by atoms with Gasteiger partial charge in [-0.05, 0) is 66.0 Å². The van der Waals surface area contributed by atoms with Crippen molar-refractivity contribution in [1.82, 2.24) is 9.55 Å². The van der Waals surface area contributed by atoms with E-state index in [0.29, 0.717) is 11.5 Å². The summed E-state index contributed by atoms with van der Waals surface area (Å²) < 4.78 is 3.63. The lowest BCUT2D eigenvalue weighted by Gasteiger charge is -2.30. The van der Waals surface area contributed by atoms with Crippen molar-refractivity contribution in [2.24, 2.45) is 5.41 Å². The monoisotopic (exact) mass is 402 g/mol. The van der Waals surface area contributed by atoms with Gasteiger partial charge >= 0.3 is 0 Å². The van der Waals surface area contributed by atoms with Gasteiger partial charge < -0.3 is 4.57 Å². The Labute approximate surface area is 139 Å². The first-order valence-corrected chi connectivity index (χ1v) is 8.73. The Balaban J connectivity index is 2.24. The van der Waals surface area contributed by atoms with Crippen molar-refractivity contribution >= 4 is 45.2 Å². The average Bonchev–Trinajstić information content (AvgIpc) is 2.88. The lowest BCUT2D eigenvalue weighted by Crippen LogP contribution is -2.23. The number of aromatic nitrogens is 2. The van der Waals surface area contributed by atoms with Gasteiger partial charge in [-0.15, -0.1) is 11.6 Å². The lowest BCUT2D eigenvalue weighted by molar-refractivity contribution is 0.261. The Morgan fingerprint density at radius 1 is 1.45 bits per heavy atom. The van der Waals surface area contributed by atoms with Crippen LogP contribution in [-0.4, -0.2) is 9.55 Å². The van der Waals surface area contributed by atoms with Crippen LogP contribution < -0.4 is 0 Å². The zero-order valence-corrected chi connectivity index (χ0v) is 15.1. The number of rotatable bonds is 2. The minimum Gasteiger partial charge on any atom is -0.323 e. The molecule has 0 aliphatic heterocycles. The first kappa shape index (κ1) is 14.6. The molecule has 0 N–H and O–H groups in total. The molecule has 20 heavy (non-hydrogen) atoms.